The number of anilines is 4. The molecule has 0 unspecified atom stereocenters. The van der Waals surface area contributed by atoms with E-state index in [9.17, 15) is 4.79 Å². The molecule has 1 aliphatic rings. The zero-order valence-corrected chi connectivity index (χ0v) is 22.3. The molecular formula is C28H32FN7O2. The second-order valence-electron chi connectivity index (χ2n) is 9.83. The van der Waals surface area contributed by atoms with Crippen LogP contribution in [0.15, 0.2) is 42.6 Å². The highest BCUT2D eigenvalue weighted by Crippen LogP contribution is 2.38. The summed E-state index contributed by atoms with van der Waals surface area (Å²) in [7, 11) is 7.72. The summed E-state index contributed by atoms with van der Waals surface area (Å²) in [6.45, 7) is 3.25. The zero-order valence-electron chi connectivity index (χ0n) is 22.3. The van der Waals surface area contributed by atoms with E-state index in [1.807, 2.05) is 38.2 Å². The van der Waals surface area contributed by atoms with E-state index in [-0.39, 0.29) is 11.9 Å². The Morgan fingerprint density at radius 1 is 1.16 bits per heavy atom. The van der Waals surface area contributed by atoms with Gasteiger partial charge < -0.3 is 29.7 Å². The number of hydrogen-bond acceptors (Lipinski definition) is 7. The van der Waals surface area contributed by atoms with Crippen molar-refractivity contribution in [2.45, 2.75) is 13.3 Å². The van der Waals surface area contributed by atoms with Gasteiger partial charge in [0.1, 0.15) is 0 Å². The summed E-state index contributed by atoms with van der Waals surface area (Å²) >= 11 is 0. The normalized spacial score (nSPS) is 12.5. The first-order chi connectivity index (χ1) is 18.2. The lowest BCUT2D eigenvalue weighted by Crippen LogP contribution is -2.30. The summed E-state index contributed by atoms with van der Waals surface area (Å²) in [6, 6.07) is 11.2. The summed E-state index contributed by atoms with van der Waals surface area (Å²) in [5.74, 6) is 0.0550. The molecule has 10 heteroatoms. The van der Waals surface area contributed by atoms with Gasteiger partial charge in [0.25, 0.3) is 0 Å². The second kappa shape index (κ2) is 10.3. The Balaban J connectivity index is 1.54. The van der Waals surface area contributed by atoms with Gasteiger partial charge in [0, 0.05) is 74.4 Å². The molecule has 0 spiro atoms. The van der Waals surface area contributed by atoms with Crippen molar-refractivity contribution in [2.24, 2.45) is 7.05 Å². The Hall–Kier alpha value is -4.18. The number of halogens is 1. The molecule has 2 N–H and O–H groups in total. The van der Waals surface area contributed by atoms with Crippen LogP contribution in [0.1, 0.15) is 12.5 Å². The van der Waals surface area contributed by atoms with Crippen molar-refractivity contribution >= 4 is 39.8 Å². The first-order valence-electron chi connectivity index (χ1n) is 12.5. The van der Waals surface area contributed by atoms with Crippen molar-refractivity contribution in [1.82, 2.24) is 19.4 Å². The molecule has 0 fully saturated rings. The van der Waals surface area contributed by atoms with Crippen LogP contribution >= 0.6 is 0 Å². The van der Waals surface area contributed by atoms with E-state index in [4.69, 9.17) is 9.72 Å². The average molecular weight is 518 g/mol. The molecule has 0 bridgehead atoms. The molecule has 4 aromatic rings. The Kier molecular flexibility index (Phi) is 6.90. The quantitative estimate of drug-likeness (QED) is 0.358. The van der Waals surface area contributed by atoms with E-state index in [0.717, 1.165) is 34.3 Å². The third-order valence-electron chi connectivity index (χ3n) is 6.61. The molecule has 198 valence electrons. The first kappa shape index (κ1) is 25.5. The number of nitrogens with zero attached hydrogens (tertiary/aromatic N) is 5. The number of carbonyl (C=O) groups excluding carboxylic acids is 1. The van der Waals surface area contributed by atoms with E-state index in [1.54, 1.807) is 18.0 Å². The fourth-order valence-electron chi connectivity index (χ4n) is 4.80. The maximum absolute atomic E-state index is 15.5. The molecular weight excluding hydrogens is 485 g/mol. The number of hydrogen-bond donors (Lipinski definition) is 2. The third-order valence-corrected chi connectivity index (χ3v) is 6.61. The lowest BCUT2D eigenvalue weighted by Gasteiger charge is -2.25. The summed E-state index contributed by atoms with van der Waals surface area (Å²) in [5, 5.41) is 6.99. The second-order valence-corrected chi connectivity index (χ2v) is 9.83. The van der Waals surface area contributed by atoms with Crippen LogP contribution in [0, 0.1) is 5.82 Å². The number of nitrogens with one attached hydrogen (secondary N) is 2. The van der Waals surface area contributed by atoms with Crippen LogP contribution in [0.5, 0.6) is 5.88 Å². The Labute approximate surface area is 221 Å². The van der Waals surface area contributed by atoms with Crippen molar-refractivity contribution in [2.75, 3.05) is 56.4 Å². The van der Waals surface area contributed by atoms with Crippen molar-refractivity contribution in [3.8, 4) is 17.1 Å². The molecule has 2 aromatic heterocycles. The fraction of sp³-hybridized carbons (Fsp3) is 0.321. The van der Waals surface area contributed by atoms with Crippen molar-refractivity contribution in [3.05, 3.63) is 54.0 Å². The van der Waals surface area contributed by atoms with Gasteiger partial charge in [0.05, 0.1) is 23.7 Å². The van der Waals surface area contributed by atoms with Gasteiger partial charge in [-0.05, 0) is 32.3 Å². The van der Waals surface area contributed by atoms with Crippen molar-refractivity contribution < 1.29 is 13.9 Å². The Morgan fingerprint density at radius 2 is 1.95 bits per heavy atom. The number of fused-ring (bicyclic) bond motifs is 2. The number of para-hydroxylation sites is 1. The number of benzene rings is 2. The number of rotatable bonds is 8. The summed E-state index contributed by atoms with van der Waals surface area (Å²) in [6.07, 6.45) is 2.77. The van der Waals surface area contributed by atoms with Gasteiger partial charge in [0.2, 0.25) is 17.7 Å². The lowest BCUT2D eigenvalue weighted by molar-refractivity contribution is -0.114. The Morgan fingerprint density at radius 3 is 2.71 bits per heavy atom. The molecule has 0 radical (unpaired) electrons. The number of amides is 1. The number of ether oxygens (including phenoxy) is 1. The molecule has 3 heterocycles. The predicted octanol–water partition coefficient (Wildman–Crippen LogP) is 4.41. The summed E-state index contributed by atoms with van der Waals surface area (Å²) in [4.78, 5) is 25.2. The number of carbonyl (C=O) groups is 1. The van der Waals surface area contributed by atoms with E-state index in [2.05, 4.69) is 38.5 Å². The smallest absolute Gasteiger partial charge is 0.231 e. The van der Waals surface area contributed by atoms with E-state index < -0.39 is 5.82 Å². The molecule has 0 atom stereocenters. The number of likely N-dealkylation sites (N-methyl/N-ethyl adjacent to an activating group) is 2. The average Bonchev–Trinajstić information content (AvgIpc) is 3.46. The minimum absolute atomic E-state index is 0.287. The molecule has 1 aliphatic heterocycles. The van der Waals surface area contributed by atoms with Gasteiger partial charge in [-0.25, -0.2) is 9.37 Å². The van der Waals surface area contributed by atoms with E-state index >= 15 is 4.39 Å². The maximum atomic E-state index is 15.5. The van der Waals surface area contributed by atoms with Gasteiger partial charge in [0.15, 0.2) is 5.82 Å². The van der Waals surface area contributed by atoms with Gasteiger partial charge in [-0.2, -0.15) is 4.98 Å². The minimum Gasteiger partial charge on any atom is -0.477 e. The third kappa shape index (κ3) is 4.99. The molecule has 1 amide bonds. The highest BCUT2D eigenvalue weighted by molar-refractivity contribution is 5.96. The molecule has 2 aromatic carbocycles. The van der Waals surface area contributed by atoms with Crippen LogP contribution in [0.3, 0.4) is 0 Å². The molecule has 0 saturated carbocycles. The number of aryl methyl sites for hydroxylation is 1. The van der Waals surface area contributed by atoms with Crippen LogP contribution in [-0.2, 0) is 18.3 Å². The van der Waals surface area contributed by atoms with Gasteiger partial charge >= 0.3 is 0 Å². The van der Waals surface area contributed by atoms with E-state index in [1.165, 1.54) is 13.0 Å². The standard InChI is InChI=1S/C28H32FN7O2/c1-17(37)30-23-15-18(14-22(29)26(23)35(4)12-11-34(2)3)31-28-32-25(20-10-13-38-27(20)33-28)21-16-36(5)24-9-7-6-8-19(21)24/h6-9,14-16H,10-13H2,1-5H3,(H,30,37)(H,31,32,33). The van der Waals surface area contributed by atoms with Crippen LogP contribution in [0.25, 0.3) is 22.2 Å². The molecule has 9 nitrogen and oxygen atoms in total. The monoisotopic (exact) mass is 517 g/mol. The molecule has 38 heavy (non-hydrogen) atoms. The van der Waals surface area contributed by atoms with Crippen LogP contribution in [0.2, 0.25) is 0 Å². The van der Waals surface area contributed by atoms with Gasteiger partial charge in [-0.15, -0.1) is 0 Å². The SMILES string of the molecule is CC(=O)Nc1cc(Nc2nc3c(c(-c4cn(C)c5ccccc45)n2)CCO3)cc(F)c1N(C)CCN(C)C. The highest BCUT2D eigenvalue weighted by Gasteiger charge is 2.25. The summed E-state index contributed by atoms with van der Waals surface area (Å²) in [5.41, 5.74) is 4.93. The zero-order chi connectivity index (χ0) is 27.0. The van der Waals surface area contributed by atoms with Crippen molar-refractivity contribution in [1.29, 1.82) is 0 Å². The highest BCUT2D eigenvalue weighted by atomic mass is 19.1. The molecule has 0 aliphatic carbocycles. The molecule has 0 saturated heterocycles. The molecule has 5 rings (SSSR count). The largest absolute Gasteiger partial charge is 0.477 e. The lowest BCUT2D eigenvalue weighted by atomic mass is 10.0. The minimum atomic E-state index is -0.466. The van der Waals surface area contributed by atoms with Crippen LogP contribution in [-0.4, -0.2) is 66.2 Å². The number of aromatic nitrogens is 3. The van der Waals surface area contributed by atoms with Crippen LogP contribution < -0.4 is 20.3 Å². The van der Waals surface area contributed by atoms with Gasteiger partial charge in [-0.1, -0.05) is 18.2 Å². The fourth-order valence-corrected chi connectivity index (χ4v) is 4.80. The van der Waals surface area contributed by atoms with Gasteiger partial charge in [-0.3, -0.25) is 4.79 Å². The summed E-state index contributed by atoms with van der Waals surface area (Å²) < 4.78 is 23.4. The predicted molar refractivity (Wildman–Crippen MR) is 149 cm³/mol. The van der Waals surface area contributed by atoms with Crippen LogP contribution in [0.4, 0.5) is 27.4 Å². The van der Waals surface area contributed by atoms with E-state index in [0.29, 0.717) is 42.5 Å². The topological polar surface area (TPSA) is 87.5 Å². The first-order valence-corrected chi connectivity index (χ1v) is 12.5. The maximum Gasteiger partial charge on any atom is 0.231 e. The Bertz CT molecular complexity index is 1520. The van der Waals surface area contributed by atoms with Crippen molar-refractivity contribution in [3.63, 3.8) is 0 Å².